The van der Waals surface area contributed by atoms with Crippen LogP contribution in [-0.4, -0.2) is 53.8 Å². The SMILES string of the molecule is CC1CN(C(C)CNC(=O)Nc2nccs2)CC(C)O1. The summed E-state index contributed by atoms with van der Waals surface area (Å²) in [6, 6.07) is 0.0759. The van der Waals surface area contributed by atoms with Crippen LogP contribution in [0.4, 0.5) is 9.93 Å². The molecule has 1 aliphatic heterocycles. The van der Waals surface area contributed by atoms with Crippen molar-refractivity contribution in [2.24, 2.45) is 0 Å². The largest absolute Gasteiger partial charge is 0.373 e. The highest BCUT2D eigenvalue weighted by molar-refractivity contribution is 7.13. The normalized spacial score (nSPS) is 25.1. The third-order valence-electron chi connectivity index (χ3n) is 3.28. The molecule has 2 heterocycles. The number of nitrogens with one attached hydrogen (secondary N) is 2. The van der Waals surface area contributed by atoms with Gasteiger partial charge in [-0.25, -0.2) is 9.78 Å². The molecule has 6 nitrogen and oxygen atoms in total. The number of carbonyl (C=O) groups is 1. The average Bonchev–Trinajstić information content (AvgIpc) is 2.87. The molecule has 2 N–H and O–H groups in total. The van der Waals surface area contributed by atoms with E-state index in [9.17, 15) is 4.79 Å². The fraction of sp³-hybridized carbons (Fsp3) is 0.692. The van der Waals surface area contributed by atoms with Gasteiger partial charge in [0.1, 0.15) is 0 Å². The third kappa shape index (κ3) is 4.43. The number of ether oxygens (including phenoxy) is 1. The molecule has 3 atom stereocenters. The van der Waals surface area contributed by atoms with E-state index in [0.29, 0.717) is 11.7 Å². The van der Waals surface area contributed by atoms with Crippen LogP contribution in [0.3, 0.4) is 0 Å². The van der Waals surface area contributed by atoms with Crippen molar-refractivity contribution in [2.75, 3.05) is 25.0 Å². The van der Waals surface area contributed by atoms with Gasteiger partial charge in [-0.05, 0) is 20.8 Å². The molecule has 0 saturated carbocycles. The summed E-state index contributed by atoms with van der Waals surface area (Å²) in [7, 11) is 0. The van der Waals surface area contributed by atoms with Crippen LogP contribution >= 0.6 is 11.3 Å². The molecule has 1 fully saturated rings. The van der Waals surface area contributed by atoms with Gasteiger partial charge in [0.25, 0.3) is 0 Å². The van der Waals surface area contributed by atoms with Crippen molar-refractivity contribution < 1.29 is 9.53 Å². The van der Waals surface area contributed by atoms with E-state index in [4.69, 9.17) is 4.74 Å². The minimum absolute atomic E-state index is 0.207. The van der Waals surface area contributed by atoms with Gasteiger partial charge in [0, 0.05) is 37.3 Å². The summed E-state index contributed by atoms with van der Waals surface area (Å²) in [4.78, 5) is 18.1. The van der Waals surface area contributed by atoms with Crippen LogP contribution in [0.25, 0.3) is 0 Å². The third-order valence-corrected chi connectivity index (χ3v) is 3.97. The van der Waals surface area contributed by atoms with E-state index < -0.39 is 0 Å². The first kappa shape index (κ1) is 15.2. The minimum atomic E-state index is -0.207. The number of anilines is 1. The van der Waals surface area contributed by atoms with E-state index in [2.05, 4.69) is 41.3 Å². The molecule has 1 aliphatic rings. The van der Waals surface area contributed by atoms with Crippen LogP contribution in [0, 0.1) is 0 Å². The topological polar surface area (TPSA) is 66.5 Å². The fourth-order valence-electron chi connectivity index (χ4n) is 2.37. The van der Waals surface area contributed by atoms with Crippen molar-refractivity contribution in [1.82, 2.24) is 15.2 Å². The maximum Gasteiger partial charge on any atom is 0.321 e. The zero-order valence-electron chi connectivity index (χ0n) is 12.1. The predicted molar refractivity (Wildman–Crippen MR) is 80.2 cm³/mol. The van der Waals surface area contributed by atoms with Crippen molar-refractivity contribution in [1.29, 1.82) is 0 Å². The first-order chi connectivity index (χ1) is 9.54. The molecule has 0 spiro atoms. The van der Waals surface area contributed by atoms with E-state index in [1.807, 2.05) is 5.38 Å². The van der Waals surface area contributed by atoms with E-state index >= 15 is 0 Å². The molecule has 0 bridgehead atoms. The Morgan fingerprint density at radius 3 is 2.85 bits per heavy atom. The van der Waals surface area contributed by atoms with E-state index in [-0.39, 0.29) is 24.3 Å². The fourth-order valence-corrected chi connectivity index (χ4v) is 2.90. The van der Waals surface area contributed by atoms with E-state index in [0.717, 1.165) is 13.1 Å². The Morgan fingerprint density at radius 1 is 1.55 bits per heavy atom. The summed E-state index contributed by atoms with van der Waals surface area (Å²) < 4.78 is 5.71. The smallest absolute Gasteiger partial charge is 0.321 e. The van der Waals surface area contributed by atoms with Gasteiger partial charge in [-0.1, -0.05) is 0 Å². The number of urea groups is 1. The molecule has 1 aromatic rings. The zero-order valence-corrected chi connectivity index (χ0v) is 12.9. The van der Waals surface area contributed by atoms with Gasteiger partial charge >= 0.3 is 6.03 Å². The number of nitrogens with zero attached hydrogens (tertiary/aromatic N) is 2. The van der Waals surface area contributed by atoms with Gasteiger partial charge in [0.05, 0.1) is 12.2 Å². The lowest BCUT2D eigenvalue weighted by Crippen LogP contribution is -2.52. The lowest BCUT2D eigenvalue weighted by Gasteiger charge is -2.38. The first-order valence-corrected chi connectivity index (χ1v) is 7.76. The lowest BCUT2D eigenvalue weighted by atomic mass is 10.2. The number of thiazole rings is 1. The molecule has 0 aromatic carbocycles. The second-order valence-electron chi connectivity index (χ2n) is 5.23. The maximum atomic E-state index is 11.7. The molecule has 1 aromatic heterocycles. The van der Waals surface area contributed by atoms with E-state index in [1.54, 1.807) is 6.20 Å². The number of hydrogen-bond acceptors (Lipinski definition) is 5. The monoisotopic (exact) mass is 298 g/mol. The number of aromatic nitrogens is 1. The molecule has 7 heteroatoms. The molecular weight excluding hydrogens is 276 g/mol. The zero-order chi connectivity index (χ0) is 14.5. The number of carbonyl (C=O) groups excluding carboxylic acids is 1. The van der Waals surface area contributed by atoms with Crippen molar-refractivity contribution in [3.63, 3.8) is 0 Å². The quantitative estimate of drug-likeness (QED) is 0.889. The Hall–Kier alpha value is -1.18. The Kier molecular flexibility index (Phi) is 5.33. The summed E-state index contributed by atoms with van der Waals surface area (Å²) in [5.41, 5.74) is 0. The molecule has 2 rings (SSSR count). The summed E-state index contributed by atoms with van der Waals surface area (Å²) in [5.74, 6) is 0. The van der Waals surface area contributed by atoms with Crippen molar-refractivity contribution >= 4 is 22.5 Å². The highest BCUT2D eigenvalue weighted by atomic mass is 32.1. The van der Waals surface area contributed by atoms with Crippen molar-refractivity contribution in [2.45, 2.75) is 39.0 Å². The number of hydrogen-bond donors (Lipinski definition) is 2. The summed E-state index contributed by atoms with van der Waals surface area (Å²) in [5, 5.41) is 8.04. The molecule has 0 radical (unpaired) electrons. The van der Waals surface area contributed by atoms with Crippen LogP contribution in [0.2, 0.25) is 0 Å². The molecule has 3 unspecified atom stereocenters. The molecular formula is C13H22N4O2S. The molecule has 20 heavy (non-hydrogen) atoms. The maximum absolute atomic E-state index is 11.7. The molecule has 1 saturated heterocycles. The van der Waals surface area contributed by atoms with Gasteiger partial charge in [-0.2, -0.15) is 0 Å². The molecule has 2 amide bonds. The summed E-state index contributed by atoms with van der Waals surface area (Å²) >= 11 is 1.40. The molecule has 0 aliphatic carbocycles. The standard InChI is InChI=1S/C13H22N4O2S/c1-9(17-7-10(2)19-11(3)8-17)6-15-12(18)16-13-14-4-5-20-13/h4-5,9-11H,6-8H2,1-3H3,(H2,14,15,16,18). The van der Waals surface area contributed by atoms with Crippen LogP contribution in [0.15, 0.2) is 11.6 Å². The van der Waals surface area contributed by atoms with Crippen LogP contribution in [0.5, 0.6) is 0 Å². The Balaban J connectivity index is 1.74. The second kappa shape index (κ2) is 7.01. The van der Waals surface area contributed by atoms with Gasteiger partial charge in [0.2, 0.25) is 0 Å². The highest BCUT2D eigenvalue weighted by Crippen LogP contribution is 2.13. The first-order valence-electron chi connectivity index (χ1n) is 6.88. The Labute approximate surface area is 123 Å². The molecule has 112 valence electrons. The van der Waals surface area contributed by atoms with Gasteiger partial charge < -0.3 is 10.1 Å². The van der Waals surface area contributed by atoms with Gasteiger partial charge in [-0.3, -0.25) is 10.2 Å². The summed E-state index contributed by atoms with van der Waals surface area (Å²) in [6.07, 6.45) is 2.15. The van der Waals surface area contributed by atoms with E-state index in [1.165, 1.54) is 11.3 Å². The van der Waals surface area contributed by atoms with Gasteiger partial charge in [-0.15, -0.1) is 11.3 Å². The highest BCUT2D eigenvalue weighted by Gasteiger charge is 2.25. The predicted octanol–water partition coefficient (Wildman–Crippen LogP) is 1.76. The Morgan fingerprint density at radius 2 is 2.25 bits per heavy atom. The average molecular weight is 298 g/mol. The number of rotatable bonds is 4. The Bertz CT molecular complexity index is 416. The number of morpholine rings is 1. The lowest BCUT2D eigenvalue weighted by molar-refractivity contribution is -0.0777. The second-order valence-corrected chi connectivity index (χ2v) is 6.13. The van der Waals surface area contributed by atoms with Crippen LogP contribution in [-0.2, 0) is 4.74 Å². The van der Waals surface area contributed by atoms with Crippen LogP contribution < -0.4 is 10.6 Å². The summed E-state index contributed by atoms with van der Waals surface area (Å²) in [6.45, 7) is 8.70. The minimum Gasteiger partial charge on any atom is -0.373 e. The number of amides is 2. The van der Waals surface area contributed by atoms with Crippen molar-refractivity contribution in [3.8, 4) is 0 Å². The van der Waals surface area contributed by atoms with Crippen LogP contribution in [0.1, 0.15) is 20.8 Å². The van der Waals surface area contributed by atoms with Crippen molar-refractivity contribution in [3.05, 3.63) is 11.6 Å². The van der Waals surface area contributed by atoms with Gasteiger partial charge in [0.15, 0.2) is 5.13 Å².